The van der Waals surface area contributed by atoms with Gasteiger partial charge in [-0.25, -0.2) is 0 Å². The molecule has 3 aromatic rings. The summed E-state index contributed by atoms with van der Waals surface area (Å²) in [7, 11) is 0. The Labute approximate surface area is 416 Å². The minimum atomic E-state index is -0.161. The van der Waals surface area contributed by atoms with E-state index in [0.717, 1.165) is 129 Å². The number of amides is 1. The summed E-state index contributed by atoms with van der Waals surface area (Å²) in [5.74, 6) is 4.63. The van der Waals surface area contributed by atoms with Crippen LogP contribution in [0.5, 0.6) is 0 Å². The van der Waals surface area contributed by atoms with E-state index in [-0.39, 0.29) is 18.0 Å². The molecule has 2 atom stereocenters. The molecule has 5 saturated carbocycles. The van der Waals surface area contributed by atoms with E-state index in [9.17, 15) is 9.59 Å². The summed E-state index contributed by atoms with van der Waals surface area (Å²) in [6, 6.07) is 15.7. The molecule has 3 heterocycles. The highest BCUT2D eigenvalue weighted by atomic mass is 16.5. The van der Waals surface area contributed by atoms with Crippen LogP contribution in [0.25, 0.3) is 11.1 Å². The third kappa shape index (κ3) is 12.7. The lowest BCUT2D eigenvalue weighted by molar-refractivity contribution is -0.0612. The first kappa shape index (κ1) is 50.2. The summed E-state index contributed by atoms with van der Waals surface area (Å²) in [6.07, 6.45) is 20.6. The SMILES string of the molecule is C=C1CC(C)CC(CCCCN(CCN2CCN(Cc3ccc(-c4cc(C(=O)NCc5c(C)cc(C)[nH]c5=O)c(C)c(N(CC)C5CCOCC5)c4)cc3)CC2)CCC23CC4CC(CC(C4)C2)C3)C1. The van der Waals surface area contributed by atoms with Gasteiger partial charge >= 0.3 is 0 Å². The first-order valence-electron chi connectivity index (χ1n) is 27.8. The number of hydrogen-bond acceptors (Lipinski definition) is 7. The van der Waals surface area contributed by atoms with Crippen LogP contribution in [0.1, 0.15) is 148 Å². The Hall–Kier alpha value is -3.76. The van der Waals surface area contributed by atoms with Gasteiger partial charge in [0.05, 0.1) is 0 Å². The number of allylic oxidation sites excluding steroid dienone is 1. The quantitative estimate of drug-likeness (QED) is 0.0862. The fourth-order valence-electron chi connectivity index (χ4n) is 14.9. The number of piperazine rings is 1. The Kier molecular flexibility index (Phi) is 16.6. The third-order valence-corrected chi connectivity index (χ3v) is 18.1. The van der Waals surface area contributed by atoms with Crippen molar-refractivity contribution in [2.75, 3.05) is 77.0 Å². The molecule has 10 rings (SSSR count). The molecule has 5 aliphatic carbocycles. The van der Waals surface area contributed by atoms with Crippen LogP contribution in [-0.2, 0) is 17.8 Å². The maximum absolute atomic E-state index is 14.1. The van der Waals surface area contributed by atoms with Crippen molar-refractivity contribution in [1.29, 1.82) is 0 Å². The number of hydrogen-bond donors (Lipinski definition) is 2. The summed E-state index contributed by atoms with van der Waals surface area (Å²) >= 11 is 0. The smallest absolute Gasteiger partial charge is 0.253 e. The number of benzene rings is 2. The highest BCUT2D eigenvalue weighted by Crippen LogP contribution is 2.61. The number of carbonyl (C=O) groups excluding carboxylic acids is 1. The van der Waals surface area contributed by atoms with Gasteiger partial charge in [-0.15, -0.1) is 0 Å². The molecular weight excluding hydrogens is 853 g/mol. The second kappa shape index (κ2) is 22.8. The van der Waals surface area contributed by atoms with E-state index in [4.69, 9.17) is 4.74 Å². The zero-order valence-electron chi connectivity index (χ0n) is 43.5. The van der Waals surface area contributed by atoms with E-state index in [1.54, 1.807) is 19.3 Å². The van der Waals surface area contributed by atoms with Crippen molar-refractivity contribution in [1.82, 2.24) is 25.0 Å². The van der Waals surface area contributed by atoms with Crippen molar-refractivity contribution in [3.63, 3.8) is 0 Å². The van der Waals surface area contributed by atoms with E-state index in [2.05, 4.69) is 87.6 Å². The second-order valence-electron chi connectivity index (χ2n) is 23.6. The van der Waals surface area contributed by atoms with E-state index in [0.29, 0.717) is 22.6 Å². The van der Waals surface area contributed by atoms with Gasteiger partial charge in [-0.3, -0.25) is 19.4 Å². The molecule has 2 aliphatic heterocycles. The first-order valence-corrected chi connectivity index (χ1v) is 27.8. The van der Waals surface area contributed by atoms with Crippen LogP contribution in [0.4, 0.5) is 5.69 Å². The van der Waals surface area contributed by atoms with Crippen LogP contribution in [-0.4, -0.2) is 104 Å². The maximum Gasteiger partial charge on any atom is 0.253 e. The molecule has 2 saturated heterocycles. The lowest BCUT2D eigenvalue weighted by Gasteiger charge is -2.57. The Bertz CT molecular complexity index is 2240. The Morgan fingerprint density at radius 1 is 0.855 bits per heavy atom. The molecule has 4 bridgehead atoms. The van der Waals surface area contributed by atoms with Crippen LogP contribution in [0.2, 0.25) is 0 Å². The number of aryl methyl sites for hydroxylation is 2. The zero-order chi connectivity index (χ0) is 48.1. The summed E-state index contributed by atoms with van der Waals surface area (Å²) in [5, 5.41) is 3.11. The number of carbonyl (C=O) groups is 1. The van der Waals surface area contributed by atoms with E-state index in [1.165, 1.54) is 102 Å². The summed E-state index contributed by atoms with van der Waals surface area (Å²) in [6.45, 7) is 27.9. The van der Waals surface area contributed by atoms with Crippen molar-refractivity contribution < 1.29 is 9.53 Å². The number of ether oxygens (including phenoxy) is 1. The van der Waals surface area contributed by atoms with Crippen LogP contribution >= 0.6 is 0 Å². The summed E-state index contributed by atoms with van der Waals surface area (Å²) < 4.78 is 5.75. The van der Waals surface area contributed by atoms with Gasteiger partial charge < -0.3 is 24.8 Å². The molecular formula is C60H88N6O3. The number of pyridine rings is 1. The number of H-pyrrole nitrogens is 1. The fraction of sp³-hybridized carbons (Fsp3) is 0.667. The number of nitrogens with zero attached hydrogens (tertiary/aromatic N) is 4. The molecule has 7 aliphatic rings. The fourth-order valence-corrected chi connectivity index (χ4v) is 14.9. The Morgan fingerprint density at radius 2 is 1.55 bits per heavy atom. The largest absolute Gasteiger partial charge is 0.381 e. The normalized spacial score (nSPS) is 26.5. The van der Waals surface area contributed by atoms with Crippen molar-refractivity contribution in [2.45, 2.75) is 150 Å². The van der Waals surface area contributed by atoms with Crippen LogP contribution in [0.15, 0.2) is 59.4 Å². The number of anilines is 1. The van der Waals surface area contributed by atoms with Gasteiger partial charge in [0.2, 0.25) is 0 Å². The number of aromatic amines is 1. The van der Waals surface area contributed by atoms with Gasteiger partial charge in [0.25, 0.3) is 11.5 Å². The molecule has 2 N–H and O–H groups in total. The molecule has 9 nitrogen and oxygen atoms in total. The third-order valence-electron chi connectivity index (χ3n) is 18.1. The van der Waals surface area contributed by atoms with Gasteiger partial charge in [-0.1, -0.05) is 56.2 Å². The van der Waals surface area contributed by atoms with E-state index >= 15 is 0 Å². The van der Waals surface area contributed by atoms with E-state index < -0.39 is 0 Å². The second-order valence-corrected chi connectivity index (χ2v) is 23.6. The summed E-state index contributed by atoms with van der Waals surface area (Å²) in [5.41, 5.74) is 10.5. The van der Waals surface area contributed by atoms with Gasteiger partial charge in [-0.05, 0) is 205 Å². The molecule has 1 aromatic heterocycles. The predicted molar refractivity (Wildman–Crippen MR) is 284 cm³/mol. The number of nitrogens with one attached hydrogen (secondary N) is 2. The lowest BCUT2D eigenvalue weighted by atomic mass is 9.49. The number of rotatable bonds is 20. The highest BCUT2D eigenvalue weighted by molar-refractivity contribution is 5.99. The molecule has 2 aromatic carbocycles. The molecule has 0 radical (unpaired) electrons. The summed E-state index contributed by atoms with van der Waals surface area (Å²) in [4.78, 5) is 40.6. The van der Waals surface area contributed by atoms with Crippen LogP contribution in [0.3, 0.4) is 0 Å². The lowest BCUT2D eigenvalue weighted by Crippen LogP contribution is -2.49. The van der Waals surface area contributed by atoms with Crippen molar-refractivity contribution >= 4 is 11.6 Å². The molecule has 1 amide bonds. The van der Waals surface area contributed by atoms with Gasteiger partial charge in [0, 0.05) is 101 Å². The van der Waals surface area contributed by atoms with E-state index in [1.807, 2.05) is 26.0 Å². The van der Waals surface area contributed by atoms with Crippen LogP contribution in [0, 0.1) is 55.8 Å². The average Bonchev–Trinajstić information content (AvgIpc) is 3.31. The Balaban J connectivity index is 0.807. The van der Waals surface area contributed by atoms with Crippen LogP contribution < -0.4 is 15.8 Å². The highest BCUT2D eigenvalue weighted by Gasteiger charge is 2.50. The van der Waals surface area contributed by atoms with Crippen molar-refractivity contribution in [3.05, 3.63) is 98.5 Å². The van der Waals surface area contributed by atoms with Crippen molar-refractivity contribution in [2.24, 2.45) is 35.0 Å². The molecule has 2 unspecified atom stereocenters. The molecule has 7 fully saturated rings. The monoisotopic (exact) mass is 941 g/mol. The Morgan fingerprint density at radius 3 is 2.22 bits per heavy atom. The van der Waals surface area contributed by atoms with Crippen molar-refractivity contribution in [3.8, 4) is 11.1 Å². The van der Waals surface area contributed by atoms with Gasteiger partial charge in [0.1, 0.15) is 0 Å². The zero-order valence-corrected chi connectivity index (χ0v) is 43.5. The maximum atomic E-state index is 14.1. The number of aromatic nitrogens is 1. The van der Waals surface area contributed by atoms with Gasteiger partial charge in [-0.2, -0.15) is 0 Å². The van der Waals surface area contributed by atoms with Gasteiger partial charge in [0.15, 0.2) is 0 Å². The first-order chi connectivity index (χ1) is 33.4. The average molecular weight is 941 g/mol. The topological polar surface area (TPSA) is 84.2 Å². The number of unbranched alkanes of at least 4 members (excludes halogenated alkanes) is 1. The molecule has 0 spiro atoms. The minimum Gasteiger partial charge on any atom is -0.381 e. The predicted octanol–water partition coefficient (Wildman–Crippen LogP) is 11.1. The molecule has 376 valence electrons. The minimum absolute atomic E-state index is 0.148. The standard InChI is InChI=1S/C60H88N6O3/c1-7-66(54-15-26-69-27-16-54)57-36-53(35-55(46(57)6)58(67)61-40-56-44(4)31-45(5)62-59(56)68)52-13-11-47(12-14-52)41-65-24-22-64(23-25-65)21-20-63(18-9-8-10-48-29-42(2)28-43(3)30-48)19-17-60-37-49-32-50(38-60)34-51(33-49)39-60/h11-14,31,35-36,43,48-51,54H,2,7-10,15-30,32-34,37-41H2,1,3-6H3,(H,61,67)(H,62,68). The molecule has 9 heteroatoms. The molecule has 69 heavy (non-hydrogen) atoms.